The summed E-state index contributed by atoms with van der Waals surface area (Å²) in [5.74, 6) is 1.42. The van der Waals surface area contributed by atoms with Gasteiger partial charge in [-0.25, -0.2) is 9.78 Å². The van der Waals surface area contributed by atoms with Crippen LogP contribution in [0.1, 0.15) is 38.9 Å². The first-order valence-electron chi connectivity index (χ1n) is 7.04. The summed E-state index contributed by atoms with van der Waals surface area (Å²) in [4.78, 5) is 16.3. The minimum Gasteiger partial charge on any atom is -0.338 e. The Labute approximate surface area is 119 Å². The van der Waals surface area contributed by atoms with Crippen molar-refractivity contribution in [2.24, 2.45) is 7.05 Å². The van der Waals surface area contributed by atoms with E-state index in [0.717, 1.165) is 29.0 Å². The van der Waals surface area contributed by atoms with Crippen molar-refractivity contribution in [1.82, 2.24) is 14.9 Å². The maximum atomic E-state index is 11.6. The number of hydrogen-bond acceptors (Lipinski definition) is 2. The largest absolute Gasteiger partial charge is 0.338 e. The van der Waals surface area contributed by atoms with Crippen molar-refractivity contribution in [3.05, 3.63) is 24.0 Å². The van der Waals surface area contributed by atoms with Gasteiger partial charge in [0.2, 0.25) is 0 Å². The van der Waals surface area contributed by atoms with E-state index in [1.54, 1.807) is 0 Å². The molecule has 2 amide bonds. The molecule has 0 radical (unpaired) electrons. The van der Waals surface area contributed by atoms with Crippen molar-refractivity contribution < 1.29 is 4.79 Å². The van der Waals surface area contributed by atoms with E-state index in [1.807, 2.05) is 32.2 Å². The number of urea groups is 1. The number of aryl methyl sites for hydroxylation is 1. The van der Waals surface area contributed by atoms with Crippen LogP contribution in [0.2, 0.25) is 0 Å². The first kappa shape index (κ1) is 14.4. The van der Waals surface area contributed by atoms with Gasteiger partial charge in [-0.05, 0) is 24.6 Å². The lowest BCUT2D eigenvalue weighted by atomic mass is 10.2. The zero-order valence-electron chi connectivity index (χ0n) is 12.5. The van der Waals surface area contributed by atoms with Crippen LogP contribution in [0.4, 0.5) is 10.5 Å². The molecular formula is C15H22N4O. The fourth-order valence-corrected chi connectivity index (χ4v) is 2.23. The molecule has 0 unspecified atom stereocenters. The smallest absolute Gasteiger partial charge is 0.319 e. The van der Waals surface area contributed by atoms with Crippen molar-refractivity contribution >= 4 is 22.8 Å². The summed E-state index contributed by atoms with van der Waals surface area (Å²) in [6, 6.07) is 5.63. The molecule has 2 aromatic rings. The molecule has 1 heterocycles. The molecule has 5 heteroatoms. The number of carbonyl (C=O) groups is 1. The van der Waals surface area contributed by atoms with Gasteiger partial charge >= 0.3 is 6.03 Å². The van der Waals surface area contributed by atoms with Gasteiger partial charge in [-0.2, -0.15) is 0 Å². The number of aromatic nitrogens is 2. The molecule has 2 rings (SSSR count). The minimum atomic E-state index is -0.175. The highest BCUT2D eigenvalue weighted by Crippen LogP contribution is 2.23. The lowest BCUT2D eigenvalue weighted by molar-refractivity contribution is 0.252. The van der Waals surface area contributed by atoms with Gasteiger partial charge in [0.1, 0.15) is 5.82 Å². The van der Waals surface area contributed by atoms with Crippen LogP contribution in [0.3, 0.4) is 0 Å². The highest BCUT2D eigenvalue weighted by Gasteiger charge is 2.11. The van der Waals surface area contributed by atoms with Gasteiger partial charge in [0.15, 0.2) is 0 Å². The Balaban J connectivity index is 2.23. The number of imidazole rings is 1. The third-order valence-corrected chi connectivity index (χ3v) is 3.23. The van der Waals surface area contributed by atoms with E-state index in [9.17, 15) is 4.79 Å². The van der Waals surface area contributed by atoms with Gasteiger partial charge in [-0.1, -0.05) is 20.8 Å². The van der Waals surface area contributed by atoms with Crippen molar-refractivity contribution in [2.75, 3.05) is 11.9 Å². The van der Waals surface area contributed by atoms with Gasteiger partial charge in [0.05, 0.1) is 11.0 Å². The van der Waals surface area contributed by atoms with Crippen LogP contribution in [0.25, 0.3) is 11.0 Å². The lowest BCUT2D eigenvalue weighted by Crippen LogP contribution is -2.29. The van der Waals surface area contributed by atoms with Crippen LogP contribution < -0.4 is 10.6 Å². The summed E-state index contributed by atoms with van der Waals surface area (Å²) in [5, 5.41) is 5.62. The molecule has 0 atom stereocenters. The van der Waals surface area contributed by atoms with Crippen molar-refractivity contribution in [3.63, 3.8) is 0 Å². The highest BCUT2D eigenvalue weighted by atomic mass is 16.2. The average molecular weight is 274 g/mol. The number of nitrogens with zero attached hydrogens (tertiary/aromatic N) is 2. The predicted octanol–water partition coefficient (Wildman–Crippen LogP) is 3.23. The zero-order chi connectivity index (χ0) is 14.7. The molecule has 2 N–H and O–H groups in total. The highest BCUT2D eigenvalue weighted by molar-refractivity contribution is 5.92. The van der Waals surface area contributed by atoms with Gasteiger partial charge in [0, 0.05) is 25.2 Å². The van der Waals surface area contributed by atoms with Gasteiger partial charge in [-0.15, -0.1) is 0 Å². The second-order valence-electron chi connectivity index (χ2n) is 5.27. The maximum absolute atomic E-state index is 11.6. The zero-order valence-corrected chi connectivity index (χ0v) is 12.5. The average Bonchev–Trinajstić information content (AvgIpc) is 2.73. The number of carbonyl (C=O) groups excluding carboxylic acids is 1. The number of benzene rings is 1. The van der Waals surface area contributed by atoms with E-state index < -0.39 is 0 Å². The van der Waals surface area contributed by atoms with E-state index >= 15 is 0 Å². The van der Waals surface area contributed by atoms with Gasteiger partial charge in [0.25, 0.3) is 0 Å². The second-order valence-corrected chi connectivity index (χ2v) is 5.27. The molecule has 0 saturated carbocycles. The first-order valence-corrected chi connectivity index (χ1v) is 7.04. The molecule has 1 aromatic heterocycles. The van der Waals surface area contributed by atoms with Crippen molar-refractivity contribution in [2.45, 2.75) is 33.1 Å². The molecule has 0 spiro atoms. The molecule has 1 aromatic carbocycles. The summed E-state index contributed by atoms with van der Waals surface area (Å²) < 4.78 is 2.10. The van der Waals surface area contributed by atoms with Gasteiger partial charge in [-0.3, -0.25) is 0 Å². The fraction of sp³-hybridized carbons (Fsp3) is 0.467. The lowest BCUT2D eigenvalue weighted by Gasteiger charge is -2.06. The monoisotopic (exact) mass is 274 g/mol. The van der Waals surface area contributed by atoms with Crippen LogP contribution in [-0.2, 0) is 7.05 Å². The molecule has 0 aliphatic rings. The SMILES string of the molecule is CCCNC(=O)Nc1ccc2c(c1)nc(C(C)C)n2C. The van der Waals surface area contributed by atoms with E-state index in [1.165, 1.54) is 0 Å². The Hall–Kier alpha value is -2.04. The maximum Gasteiger partial charge on any atom is 0.319 e. The number of amides is 2. The van der Waals surface area contributed by atoms with Crippen LogP contribution in [0, 0.1) is 0 Å². The third kappa shape index (κ3) is 2.92. The van der Waals surface area contributed by atoms with Crippen LogP contribution >= 0.6 is 0 Å². The molecular weight excluding hydrogens is 252 g/mol. The molecule has 0 aliphatic carbocycles. The molecule has 5 nitrogen and oxygen atoms in total. The Bertz CT molecular complexity index is 616. The third-order valence-electron chi connectivity index (χ3n) is 3.23. The molecule has 0 saturated heterocycles. The van der Waals surface area contributed by atoms with E-state index in [2.05, 4.69) is 34.0 Å². The van der Waals surface area contributed by atoms with E-state index in [-0.39, 0.29) is 6.03 Å². The summed E-state index contributed by atoms with van der Waals surface area (Å²) in [6.45, 7) is 6.94. The number of rotatable bonds is 4. The van der Waals surface area contributed by atoms with Crippen LogP contribution in [0.5, 0.6) is 0 Å². The number of hydrogen-bond donors (Lipinski definition) is 2. The fourth-order valence-electron chi connectivity index (χ4n) is 2.23. The Morgan fingerprint density at radius 1 is 1.40 bits per heavy atom. The van der Waals surface area contributed by atoms with Crippen molar-refractivity contribution in [1.29, 1.82) is 0 Å². The summed E-state index contributed by atoms with van der Waals surface area (Å²) in [5.41, 5.74) is 2.75. The number of anilines is 1. The topological polar surface area (TPSA) is 59.0 Å². The molecule has 0 bridgehead atoms. The standard InChI is InChI=1S/C15H22N4O/c1-5-8-16-15(20)17-11-6-7-13-12(9-11)18-14(10(2)3)19(13)4/h6-7,9-10H,5,8H2,1-4H3,(H2,16,17,20). The first-order chi connectivity index (χ1) is 9.52. The summed E-state index contributed by atoms with van der Waals surface area (Å²) in [6.07, 6.45) is 0.921. The second kappa shape index (κ2) is 5.94. The normalized spacial score (nSPS) is 11.1. The molecule has 0 fully saturated rings. The molecule has 20 heavy (non-hydrogen) atoms. The Morgan fingerprint density at radius 3 is 2.80 bits per heavy atom. The predicted molar refractivity (Wildman–Crippen MR) is 82.1 cm³/mol. The van der Waals surface area contributed by atoms with Crippen LogP contribution in [0.15, 0.2) is 18.2 Å². The minimum absolute atomic E-state index is 0.175. The quantitative estimate of drug-likeness (QED) is 0.899. The van der Waals surface area contributed by atoms with Gasteiger partial charge < -0.3 is 15.2 Å². The Kier molecular flexibility index (Phi) is 4.27. The Morgan fingerprint density at radius 2 is 2.15 bits per heavy atom. The van der Waals surface area contributed by atoms with E-state index in [4.69, 9.17) is 0 Å². The van der Waals surface area contributed by atoms with Crippen LogP contribution in [-0.4, -0.2) is 22.1 Å². The van der Waals surface area contributed by atoms with E-state index in [0.29, 0.717) is 12.5 Å². The summed E-state index contributed by atoms with van der Waals surface area (Å²) in [7, 11) is 2.02. The number of fused-ring (bicyclic) bond motifs is 1. The van der Waals surface area contributed by atoms with Crippen molar-refractivity contribution in [3.8, 4) is 0 Å². The summed E-state index contributed by atoms with van der Waals surface area (Å²) >= 11 is 0. The molecule has 0 aliphatic heterocycles. The molecule has 108 valence electrons. The number of nitrogens with one attached hydrogen (secondary N) is 2.